The molecule has 0 aliphatic carbocycles. The number of rotatable bonds is 6. The lowest BCUT2D eigenvalue weighted by molar-refractivity contribution is -0.138. The number of hydrogen-bond acceptors (Lipinski definition) is 6. The molecule has 1 aliphatic rings. The van der Waals surface area contributed by atoms with Crippen molar-refractivity contribution in [2.75, 3.05) is 33.8 Å². The zero-order valence-corrected chi connectivity index (χ0v) is 11.5. The molecular weight excluding hydrogens is 246 g/mol. The Kier molecular flexibility index (Phi) is 5.95. The fourth-order valence-electron chi connectivity index (χ4n) is 1.56. The van der Waals surface area contributed by atoms with E-state index in [0.29, 0.717) is 24.4 Å². The molecule has 0 bridgehead atoms. The van der Waals surface area contributed by atoms with Gasteiger partial charge in [-0.25, -0.2) is 4.79 Å². The first-order valence-electron chi connectivity index (χ1n) is 6.09. The highest BCUT2D eigenvalue weighted by molar-refractivity contribution is 5.92. The van der Waals surface area contributed by atoms with Crippen molar-refractivity contribution in [2.24, 2.45) is 5.18 Å². The number of nitroso groups, excluding NO2 is 1. The minimum absolute atomic E-state index is 0.334. The monoisotopic (exact) mass is 265 g/mol. The zero-order valence-electron chi connectivity index (χ0n) is 11.5. The molecule has 6 nitrogen and oxygen atoms in total. The second kappa shape index (κ2) is 7.48. The second-order valence-electron chi connectivity index (χ2n) is 4.29. The van der Waals surface area contributed by atoms with Crippen LogP contribution in [0.3, 0.4) is 0 Å². The van der Waals surface area contributed by atoms with Crippen molar-refractivity contribution >= 4 is 5.97 Å². The minimum Gasteiger partial charge on any atom is -0.462 e. The Bertz CT molecular complexity index is 425. The normalized spacial score (nSPS) is 16.7. The van der Waals surface area contributed by atoms with Gasteiger partial charge in [-0.15, -0.1) is 4.91 Å². The summed E-state index contributed by atoms with van der Waals surface area (Å²) in [5.41, 5.74) is 1.12. The first-order chi connectivity index (χ1) is 9.08. The van der Waals surface area contributed by atoms with Crippen LogP contribution in [0.1, 0.15) is 6.92 Å². The Hall–Kier alpha value is -1.95. The van der Waals surface area contributed by atoms with Crippen LogP contribution in [0.5, 0.6) is 0 Å². The molecule has 0 fully saturated rings. The van der Waals surface area contributed by atoms with Gasteiger partial charge in [0.2, 0.25) is 0 Å². The van der Waals surface area contributed by atoms with E-state index in [1.165, 1.54) is 6.20 Å². The van der Waals surface area contributed by atoms with Crippen molar-refractivity contribution < 1.29 is 9.53 Å². The molecule has 0 atom stereocenters. The van der Waals surface area contributed by atoms with Crippen molar-refractivity contribution in [2.45, 2.75) is 6.92 Å². The lowest BCUT2D eigenvalue weighted by atomic mass is 10.1. The van der Waals surface area contributed by atoms with E-state index >= 15 is 0 Å². The highest BCUT2D eigenvalue weighted by atomic mass is 16.5. The van der Waals surface area contributed by atoms with Crippen molar-refractivity contribution in [1.29, 1.82) is 0 Å². The number of allylic oxidation sites excluding steroid dienone is 1. The summed E-state index contributed by atoms with van der Waals surface area (Å²) in [7, 11) is 3.91. The molecule has 0 N–H and O–H groups in total. The first-order valence-corrected chi connectivity index (χ1v) is 6.09. The third kappa shape index (κ3) is 4.67. The summed E-state index contributed by atoms with van der Waals surface area (Å²) in [5, 5.41) is 2.78. The second-order valence-corrected chi connectivity index (χ2v) is 4.29. The lowest BCUT2D eigenvalue weighted by Crippen LogP contribution is -2.29. The molecule has 0 saturated heterocycles. The Morgan fingerprint density at radius 3 is 2.79 bits per heavy atom. The van der Waals surface area contributed by atoms with Crippen molar-refractivity contribution in [3.63, 3.8) is 0 Å². The fraction of sp³-hybridized carbons (Fsp3) is 0.462. The quantitative estimate of drug-likeness (QED) is 0.537. The van der Waals surface area contributed by atoms with E-state index in [0.717, 1.165) is 6.54 Å². The van der Waals surface area contributed by atoms with E-state index in [4.69, 9.17) is 4.74 Å². The highest BCUT2D eigenvalue weighted by Crippen LogP contribution is 2.18. The third-order valence-corrected chi connectivity index (χ3v) is 2.54. The molecule has 6 heteroatoms. The summed E-state index contributed by atoms with van der Waals surface area (Å²) in [4.78, 5) is 25.9. The Morgan fingerprint density at radius 1 is 1.47 bits per heavy atom. The number of carbonyl (C=O) groups is 1. The smallest absolute Gasteiger partial charge is 0.339 e. The first kappa shape index (κ1) is 15.1. The molecule has 0 aromatic rings. The predicted octanol–water partition coefficient (Wildman–Crippen LogP) is 1.47. The Balaban J connectivity index is 2.84. The van der Waals surface area contributed by atoms with Crippen LogP contribution in [0.25, 0.3) is 0 Å². The van der Waals surface area contributed by atoms with Gasteiger partial charge in [0.05, 0.1) is 24.1 Å². The summed E-state index contributed by atoms with van der Waals surface area (Å²) in [6.45, 7) is 3.54. The van der Waals surface area contributed by atoms with Crippen LogP contribution in [0.15, 0.2) is 41.0 Å². The van der Waals surface area contributed by atoms with Crippen molar-refractivity contribution in [3.8, 4) is 0 Å². The highest BCUT2D eigenvalue weighted by Gasteiger charge is 2.16. The van der Waals surface area contributed by atoms with Crippen LogP contribution in [0.2, 0.25) is 0 Å². The van der Waals surface area contributed by atoms with Crippen molar-refractivity contribution in [1.82, 2.24) is 9.80 Å². The van der Waals surface area contributed by atoms with Gasteiger partial charge in [0.1, 0.15) is 0 Å². The number of hydrogen-bond donors (Lipinski definition) is 0. The number of carbonyl (C=O) groups excluding carboxylic acids is 1. The van der Waals surface area contributed by atoms with Gasteiger partial charge in [-0.05, 0) is 38.3 Å². The van der Waals surface area contributed by atoms with Gasteiger partial charge in [-0.3, -0.25) is 0 Å². The van der Waals surface area contributed by atoms with Crippen LogP contribution in [-0.2, 0) is 9.53 Å². The topological polar surface area (TPSA) is 62.2 Å². The molecule has 1 aliphatic heterocycles. The Labute approximate surface area is 113 Å². The number of ether oxygens (including phenoxy) is 1. The van der Waals surface area contributed by atoms with Gasteiger partial charge in [0, 0.05) is 19.3 Å². The molecule has 0 radical (unpaired) electrons. The zero-order chi connectivity index (χ0) is 14.3. The van der Waals surface area contributed by atoms with E-state index in [-0.39, 0.29) is 5.97 Å². The molecule has 104 valence electrons. The molecule has 1 rings (SSSR count). The number of esters is 1. The van der Waals surface area contributed by atoms with Gasteiger partial charge < -0.3 is 14.5 Å². The van der Waals surface area contributed by atoms with Crippen LogP contribution in [0, 0.1) is 4.91 Å². The SMILES string of the molecule is CCOC(=O)C1=CN(CCN(C)C)/C(=C\N=O)C=C1. The maximum Gasteiger partial charge on any atom is 0.339 e. The van der Waals surface area contributed by atoms with Crippen molar-refractivity contribution in [3.05, 3.63) is 40.7 Å². The number of likely N-dealkylation sites (N-methyl/N-ethyl adjacent to an activating group) is 1. The van der Waals surface area contributed by atoms with Gasteiger partial charge in [-0.1, -0.05) is 0 Å². The maximum absolute atomic E-state index is 11.7. The summed E-state index contributed by atoms with van der Waals surface area (Å²) in [6, 6.07) is 0. The summed E-state index contributed by atoms with van der Waals surface area (Å²) < 4.78 is 4.95. The summed E-state index contributed by atoms with van der Waals surface area (Å²) >= 11 is 0. The van der Waals surface area contributed by atoms with E-state index in [1.807, 2.05) is 23.9 Å². The largest absolute Gasteiger partial charge is 0.462 e. The van der Waals surface area contributed by atoms with Crippen LogP contribution >= 0.6 is 0 Å². The average molecular weight is 265 g/mol. The molecule has 0 spiro atoms. The van der Waals surface area contributed by atoms with E-state index < -0.39 is 0 Å². The van der Waals surface area contributed by atoms with Gasteiger partial charge >= 0.3 is 5.97 Å². The fourth-order valence-corrected chi connectivity index (χ4v) is 1.56. The summed E-state index contributed by atoms with van der Waals surface area (Å²) in [6.07, 6.45) is 6.22. The van der Waals surface area contributed by atoms with Gasteiger partial charge in [-0.2, -0.15) is 0 Å². The molecular formula is C13H19N3O3. The van der Waals surface area contributed by atoms with Gasteiger partial charge in [0.15, 0.2) is 0 Å². The Morgan fingerprint density at radius 2 is 2.21 bits per heavy atom. The molecule has 19 heavy (non-hydrogen) atoms. The average Bonchev–Trinajstić information content (AvgIpc) is 2.38. The van der Waals surface area contributed by atoms with E-state index in [9.17, 15) is 9.70 Å². The molecule has 0 saturated carbocycles. The molecule has 0 aromatic carbocycles. The molecule has 0 aromatic heterocycles. The minimum atomic E-state index is -0.369. The standard InChI is InChI=1S/C13H19N3O3/c1-4-19-13(17)11-5-6-12(9-14-18)16(10-11)8-7-15(2)3/h5-6,9-10H,4,7-8H2,1-3H3/b12-9-. The van der Waals surface area contributed by atoms with E-state index in [2.05, 4.69) is 5.18 Å². The molecule has 0 unspecified atom stereocenters. The maximum atomic E-state index is 11.7. The van der Waals surface area contributed by atoms with Crippen LogP contribution < -0.4 is 0 Å². The third-order valence-electron chi connectivity index (χ3n) is 2.54. The van der Waals surface area contributed by atoms with E-state index in [1.54, 1.807) is 25.3 Å². The van der Waals surface area contributed by atoms with Crippen LogP contribution in [0.4, 0.5) is 0 Å². The van der Waals surface area contributed by atoms with Gasteiger partial charge in [0.25, 0.3) is 0 Å². The number of nitrogens with zero attached hydrogens (tertiary/aromatic N) is 3. The molecule has 0 amide bonds. The summed E-state index contributed by atoms with van der Waals surface area (Å²) in [5.74, 6) is -0.369. The predicted molar refractivity (Wildman–Crippen MR) is 73.0 cm³/mol. The van der Waals surface area contributed by atoms with Crippen LogP contribution in [-0.4, -0.2) is 49.6 Å². The molecule has 1 heterocycles. The lowest BCUT2D eigenvalue weighted by Gasteiger charge is -2.26.